The van der Waals surface area contributed by atoms with Gasteiger partial charge in [-0.1, -0.05) is 6.07 Å². The fraction of sp³-hybridized carbons (Fsp3) is 0.500. The lowest BCUT2D eigenvalue weighted by Gasteiger charge is -2.51. The number of benzene rings is 1. The number of primary amides is 1. The highest BCUT2D eigenvalue weighted by atomic mass is 19.4. The lowest BCUT2D eigenvalue weighted by Crippen LogP contribution is -2.65. The molecule has 1 unspecified atom stereocenters. The molecule has 11 heteroatoms. The molecule has 2 aliphatic heterocycles. The van der Waals surface area contributed by atoms with Crippen LogP contribution in [0.2, 0.25) is 0 Å². The minimum absolute atomic E-state index is 0.0583. The summed E-state index contributed by atoms with van der Waals surface area (Å²) in [5.41, 5.74) is 4.10. The van der Waals surface area contributed by atoms with E-state index in [4.69, 9.17) is 5.73 Å². The van der Waals surface area contributed by atoms with Gasteiger partial charge < -0.3 is 20.5 Å². The fourth-order valence-electron chi connectivity index (χ4n) is 5.08. The largest absolute Gasteiger partial charge is 0.403 e. The molecule has 3 N–H and O–H groups in total. The first-order valence-corrected chi connectivity index (χ1v) is 9.95. The molecule has 1 atom stereocenters. The van der Waals surface area contributed by atoms with Crippen molar-refractivity contribution >= 4 is 28.5 Å². The van der Waals surface area contributed by atoms with Gasteiger partial charge in [-0.25, -0.2) is 4.98 Å². The summed E-state index contributed by atoms with van der Waals surface area (Å²) in [5, 5.41) is 0. The maximum atomic E-state index is 13.3. The highest BCUT2D eigenvalue weighted by molar-refractivity contribution is 5.90. The van der Waals surface area contributed by atoms with Crippen molar-refractivity contribution in [3.63, 3.8) is 0 Å². The number of carbonyl (C=O) groups excluding carboxylic acids is 2. The van der Waals surface area contributed by atoms with Crippen LogP contribution in [-0.2, 0) is 9.59 Å². The van der Waals surface area contributed by atoms with Crippen LogP contribution in [0.25, 0.3) is 11.0 Å². The van der Waals surface area contributed by atoms with Gasteiger partial charge >= 0.3 is 6.18 Å². The predicted molar refractivity (Wildman–Crippen MR) is 104 cm³/mol. The molecule has 31 heavy (non-hydrogen) atoms. The van der Waals surface area contributed by atoms with E-state index in [-0.39, 0.29) is 38.0 Å². The summed E-state index contributed by atoms with van der Waals surface area (Å²) in [4.78, 5) is 46.3. The highest BCUT2D eigenvalue weighted by Crippen LogP contribution is 2.60. The smallest absolute Gasteiger partial charge is 0.369 e. The van der Waals surface area contributed by atoms with Crippen molar-refractivity contribution in [1.82, 2.24) is 14.9 Å². The van der Waals surface area contributed by atoms with Crippen molar-refractivity contribution in [1.29, 1.82) is 0 Å². The van der Waals surface area contributed by atoms with Gasteiger partial charge in [-0.3, -0.25) is 14.4 Å². The molecule has 3 fully saturated rings. The van der Waals surface area contributed by atoms with Crippen LogP contribution in [0.15, 0.2) is 29.2 Å². The number of aromatic amines is 1. The molecule has 1 aromatic heterocycles. The molecule has 5 rings (SSSR count). The van der Waals surface area contributed by atoms with Gasteiger partial charge in [0, 0.05) is 31.6 Å². The Labute approximate surface area is 174 Å². The fourth-order valence-corrected chi connectivity index (χ4v) is 5.08. The number of rotatable bonds is 3. The molecule has 1 aromatic carbocycles. The minimum atomic E-state index is -4.57. The number of nitrogens with one attached hydrogen (secondary N) is 1. The number of amides is 2. The van der Waals surface area contributed by atoms with Crippen molar-refractivity contribution < 1.29 is 22.8 Å². The molecule has 1 saturated carbocycles. The molecule has 3 heterocycles. The number of anilines is 1. The van der Waals surface area contributed by atoms with Crippen molar-refractivity contribution in [3.05, 3.63) is 34.7 Å². The number of likely N-dealkylation sites (tertiary alicyclic amines) is 1. The number of hydrogen-bond acceptors (Lipinski definition) is 5. The topological polar surface area (TPSA) is 112 Å². The highest BCUT2D eigenvalue weighted by Gasteiger charge is 2.71. The average Bonchev–Trinajstić information content (AvgIpc) is 3.40. The molecular weight excluding hydrogens is 415 g/mol. The first kappa shape index (κ1) is 19.8. The van der Waals surface area contributed by atoms with Crippen LogP contribution in [0.3, 0.4) is 0 Å². The number of nitrogens with two attached hydrogens (primary N) is 1. The van der Waals surface area contributed by atoms with Crippen LogP contribution >= 0.6 is 0 Å². The minimum Gasteiger partial charge on any atom is -0.369 e. The summed E-state index contributed by atoms with van der Waals surface area (Å²) in [5.74, 6) is -2.07. The maximum absolute atomic E-state index is 13.3. The summed E-state index contributed by atoms with van der Waals surface area (Å²) in [6, 6.07) is 5.26. The number of aromatic nitrogens is 2. The van der Waals surface area contributed by atoms with Crippen LogP contribution in [0.5, 0.6) is 0 Å². The molecule has 164 valence electrons. The van der Waals surface area contributed by atoms with E-state index in [9.17, 15) is 27.6 Å². The lowest BCUT2D eigenvalue weighted by molar-refractivity contribution is -0.205. The lowest BCUT2D eigenvalue weighted by atomic mass is 9.70. The summed E-state index contributed by atoms with van der Waals surface area (Å²) >= 11 is 0. The Morgan fingerprint density at radius 1 is 1.19 bits per heavy atom. The second-order valence-electron chi connectivity index (χ2n) is 8.86. The molecule has 2 amide bonds. The number of alkyl halides is 3. The molecule has 0 bridgehead atoms. The Balaban J connectivity index is 1.41. The van der Waals surface area contributed by atoms with Gasteiger partial charge in [-0.05, 0) is 25.0 Å². The van der Waals surface area contributed by atoms with Gasteiger partial charge in [-0.15, -0.1) is 0 Å². The number of fused-ring (bicyclic) bond motifs is 1. The zero-order valence-corrected chi connectivity index (χ0v) is 16.4. The molecule has 2 aromatic rings. The van der Waals surface area contributed by atoms with Gasteiger partial charge in [0.25, 0.3) is 5.56 Å². The molecule has 1 aliphatic carbocycles. The average molecular weight is 435 g/mol. The summed E-state index contributed by atoms with van der Waals surface area (Å²) in [6.07, 6.45) is -3.78. The van der Waals surface area contributed by atoms with Crippen molar-refractivity contribution in [2.75, 3.05) is 31.1 Å². The standard InChI is InChI=1S/C20H20F3N5O3/c21-20(22,23)19(4-5-19)17(31)28-9-18(10-28)8-27(7-11(18)16(24)30)13-3-1-2-12-15(13)25-6-14(29)26-12/h1-3,6,11H,4-5,7-10H2,(H2,24,30)(H,26,29). The van der Waals surface area contributed by atoms with E-state index in [1.807, 2.05) is 4.90 Å². The van der Waals surface area contributed by atoms with Gasteiger partial charge in [0.2, 0.25) is 11.8 Å². The molecule has 0 radical (unpaired) electrons. The number of hydrogen-bond donors (Lipinski definition) is 2. The Morgan fingerprint density at radius 2 is 1.90 bits per heavy atom. The zero-order valence-electron chi connectivity index (χ0n) is 16.4. The van der Waals surface area contributed by atoms with Crippen LogP contribution < -0.4 is 16.2 Å². The van der Waals surface area contributed by atoms with E-state index in [0.717, 1.165) is 0 Å². The van der Waals surface area contributed by atoms with Crippen molar-refractivity contribution in [2.45, 2.75) is 19.0 Å². The van der Waals surface area contributed by atoms with E-state index in [1.54, 1.807) is 18.2 Å². The van der Waals surface area contributed by atoms with Crippen LogP contribution in [0, 0.1) is 16.7 Å². The second-order valence-corrected chi connectivity index (χ2v) is 8.86. The van der Waals surface area contributed by atoms with Crippen LogP contribution in [-0.4, -0.2) is 59.0 Å². The van der Waals surface area contributed by atoms with Gasteiger partial charge in [0.15, 0.2) is 0 Å². The first-order chi connectivity index (χ1) is 14.6. The van der Waals surface area contributed by atoms with E-state index in [2.05, 4.69) is 9.97 Å². The summed E-state index contributed by atoms with van der Waals surface area (Å²) in [6.45, 7) is 0.733. The number of nitrogens with zero attached hydrogens (tertiary/aromatic N) is 3. The number of para-hydroxylation sites is 1. The first-order valence-electron chi connectivity index (χ1n) is 9.95. The third-order valence-electron chi connectivity index (χ3n) is 6.92. The van der Waals surface area contributed by atoms with Gasteiger partial charge in [0.1, 0.15) is 10.9 Å². The van der Waals surface area contributed by atoms with E-state index in [1.165, 1.54) is 11.1 Å². The quantitative estimate of drug-likeness (QED) is 0.748. The molecule has 8 nitrogen and oxygen atoms in total. The van der Waals surface area contributed by atoms with E-state index < -0.39 is 34.7 Å². The Kier molecular flexibility index (Phi) is 3.97. The van der Waals surface area contributed by atoms with Crippen molar-refractivity contribution in [2.24, 2.45) is 22.5 Å². The van der Waals surface area contributed by atoms with E-state index >= 15 is 0 Å². The van der Waals surface area contributed by atoms with E-state index in [0.29, 0.717) is 23.3 Å². The second kappa shape index (κ2) is 6.21. The maximum Gasteiger partial charge on any atom is 0.403 e. The number of halogens is 3. The number of carbonyl (C=O) groups is 2. The third kappa shape index (κ3) is 2.82. The molecule has 2 saturated heterocycles. The Hall–Kier alpha value is -3.11. The number of H-pyrrole nitrogens is 1. The third-order valence-corrected chi connectivity index (χ3v) is 6.92. The SMILES string of the molecule is NC(=O)C1CN(c2cccc3[nH]c(=O)cnc23)CC12CN(C(=O)C1(C(F)(F)F)CC1)C2. The zero-order chi connectivity index (χ0) is 22.2. The summed E-state index contributed by atoms with van der Waals surface area (Å²) < 4.78 is 40.0. The predicted octanol–water partition coefficient (Wildman–Crippen LogP) is 1.02. The van der Waals surface area contributed by atoms with Crippen molar-refractivity contribution in [3.8, 4) is 0 Å². The normalized spacial score (nSPS) is 23.8. The molecule has 1 spiro atoms. The van der Waals surface area contributed by atoms with Crippen LogP contribution in [0.1, 0.15) is 12.8 Å². The monoisotopic (exact) mass is 435 g/mol. The van der Waals surface area contributed by atoms with Gasteiger partial charge in [0.05, 0.1) is 23.3 Å². The molecular formula is C20H20F3N5O3. The van der Waals surface area contributed by atoms with Crippen LogP contribution in [0.4, 0.5) is 18.9 Å². The Bertz CT molecular complexity index is 1150. The molecule has 3 aliphatic rings. The Morgan fingerprint density at radius 3 is 2.52 bits per heavy atom. The summed E-state index contributed by atoms with van der Waals surface area (Å²) in [7, 11) is 0. The van der Waals surface area contributed by atoms with Gasteiger partial charge in [-0.2, -0.15) is 13.2 Å².